The van der Waals surface area contributed by atoms with E-state index in [0.29, 0.717) is 12.0 Å². The topological polar surface area (TPSA) is 29.5 Å². The van der Waals surface area contributed by atoms with Gasteiger partial charge in [-0.05, 0) is 23.0 Å². The minimum atomic E-state index is -0.311. The molecule has 0 aliphatic rings. The third-order valence-corrected chi connectivity index (χ3v) is 2.48. The van der Waals surface area contributed by atoms with Gasteiger partial charge in [0.05, 0.1) is 0 Å². The minimum absolute atomic E-state index is 0.291. The Morgan fingerprint density at radius 2 is 1.61 bits per heavy atom. The van der Waals surface area contributed by atoms with Crippen LogP contribution in [0.25, 0.3) is 0 Å². The molecule has 0 saturated heterocycles. The maximum atomic E-state index is 11.3. The van der Waals surface area contributed by atoms with Crippen LogP contribution in [0.2, 0.25) is 0 Å². The van der Waals surface area contributed by atoms with Crippen molar-refractivity contribution >= 4 is 6.09 Å². The average Bonchev–Trinajstić information content (AvgIpc) is 2.25. The average molecular weight is 249 g/mol. The van der Waals surface area contributed by atoms with Gasteiger partial charge in [0.15, 0.2) is 0 Å². The fraction of sp³-hybridized carbons (Fsp3) is 0.533. The zero-order valence-corrected chi connectivity index (χ0v) is 12.0. The van der Waals surface area contributed by atoms with Crippen LogP contribution in [-0.4, -0.2) is 25.1 Å². The standard InChI is InChI=1S/C15H23NO2/c1-15(2,3)10-12-6-8-13(9-7-12)11-18-14(17)16(4)5/h6-9H,10-11H2,1-5H3. The second kappa shape index (κ2) is 5.89. The first kappa shape index (κ1) is 14.6. The van der Waals surface area contributed by atoms with Gasteiger partial charge in [-0.2, -0.15) is 0 Å². The van der Waals surface area contributed by atoms with Crippen molar-refractivity contribution in [1.29, 1.82) is 0 Å². The highest BCUT2D eigenvalue weighted by molar-refractivity contribution is 5.66. The van der Waals surface area contributed by atoms with Crippen molar-refractivity contribution in [2.24, 2.45) is 5.41 Å². The second-order valence-electron chi connectivity index (χ2n) is 6.00. The van der Waals surface area contributed by atoms with Gasteiger partial charge in [-0.15, -0.1) is 0 Å². The first-order valence-corrected chi connectivity index (χ1v) is 6.20. The predicted molar refractivity (Wildman–Crippen MR) is 73.5 cm³/mol. The van der Waals surface area contributed by atoms with Crippen LogP contribution in [0.4, 0.5) is 4.79 Å². The molecule has 3 nitrogen and oxygen atoms in total. The van der Waals surface area contributed by atoms with Gasteiger partial charge >= 0.3 is 6.09 Å². The van der Waals surface area contributed by atoms with E-state index in [4.69, 9.17) is 4.74 Å². The number of amides is 1. The van der Waals surface area contributed by atoms with Crippen LogP contribution in [-0.2, 0) is 17.8 Å². The maximum Gasteiger partial charge on any atom is 0.409 e. The highest BCUT2D eigenvalue weighted by Gasteiger charge is 2.11. The Morgan fingerprint density at radius 3 is 2.06 bits per heavy atom. The van der Waals surface area contributed by atoms with Crippen molar-refractivity contribution in [2.45, 2.75) is 33.8 Å². The summed E-state index contributed by atoms with van der Waals surface area (Å²) in [6.07, 6.45) is 0.735. The minimum Gasteiger partial charge on any atom is -0.445 e. The Kier molecular flexibility index (Phi) is 4.76. The molecule has 0 aliphatic heterocycles. The van der Waals surface area contributed by atoms with E-state index < -0.39 is 0 Å². The van der Waals surface area contributed by atoms with Gasteiger partial charge in [0.1, 0.15) is 6.61 Å². The normalized spacial score (nSPS) is 11.2. The quantitative estimate of drug-likeness (QED) is 0.821. The Morgan fingerprint density at radius 1 is 1.11 bits per heavy atom. The molecule has 0 unspecified atom stereocenters. The van der Waals surface area contributed by atoms with Crippen LogP contribution < -0.4 is 0 Å². The molecule has 0 aliphatic carbocycles. The van der Waals surface area contributed by atoms with Crippen LogP contribution in [0.1, 0.15) is 31.9 Å². The highest BCUT2D eigenvalue weighted by atomic mass is 16.6. The summed E-state index contributed by atoms with van der Waals surface area (Å²) in [6.45, 7) is 6.99. The van der Waals surface area contributed by atoms with Crippen LogP contribution in [0.3, 0.4) is 0 Å². The summed E-state index contributed by atoms with van der Waals surface area (Å²) in [5, 5.41) is 0. The second-order valence-corrected chi connectivity index (χ2v) is 6.00. The van der Waals surface area contributed by atoms with Crippen molar-refractivity contribution in [2.75, 3.05) is 14.1 Å². The predicted octanol–water partition coefficient (Wildman–Crippen LogP) is 3.47. The molecule has 0 radical (unpaired) electrons. The van der Waals surface area contributed by atoms with Gasteiger partial charge in [-0.3, -0.25) is 0 Å². The van der Waals surface area contributed by atoms with Crippen LogP contribution in [0, 0.1) is 5.41 Å². The summed E-state index contributed by atoms with van der Waals surface area (Å²) in [6, 6.07) is 8.24. The highest BCUT2D eigenvalue weighted by Crippen LogP contribution is 2.20. The third kappa shape index (κ3) is 5.21. The van der Waals surface area contributed by atoms with E-state index in [9.17, 15) is 4.79 Å². The summed E-state index contributed by atoms with van der Waals surface area (Å²) in [5.74, 6) is 0. The molecule has 0 saturated carbocycles. The fourth-order valence-electron chi connectivity index (χ4n) is 1.64. The summed E-state index contributed by atoms with van der Waals surface area (Å²) in [5.41, 5.74) is 2.62. The number of nitrogens with zero attached hydrogens (tertiary/aromatic N) is 1. The van der Waals surface area contributed by atoms with E-state index in [1.807, 2.05) is 12.1 Å². The zero-order valence-electron chi connectivity index (χ0n) is 12.0. The summed E-state index contributed by atoms with van der Waals surface area (Å²) < 4.78 is 5.12. The number of carbonyl (C=O) groups excluding carboxylic acids is 1. The molecule has 0 bridgehead atoms. The molecule has 0 heterocycles. The summed E-state index contributed by atoms with van der Waals surface area (Å²) in [7, 11) is 3.35. The first-order valence-electron chi connectivity index (χ1n) is 6.20. The van der Waals surface area contributed by atoms with Gasteiger partial charge in [-0.25, -0.2) is 4.79 Å². The van der Waals surface area contributed by atoms with E-state index in [1.54, 1.807) is 14.1 Å². The van der Waals surface area contributed by atoms with Crippen molar-refractivity contribution < 1.29 is 9.53 Å². The van der Waals surface area contributed by atoms with Gasteiger partial charge in [0.2, 0.25) is 0 Å². The Balaban J connectivity index is 2.53. The fourth-order valence-corrected chi connectivity index (χ4v) is 1.64. The maximum absolute atomic E-state index is 11.3. The van der Waals surface area contributed by atoms with Gasteiger partial charge in [0, 0.05) is 14.1 Å². The van der Waals surface area contributed by atoms with Crippen molar-refractivity contribution in [1.82, 2.24) is 4.90 Å². The first-order chi connectivity index (χ1) is 8.28. The molecule has 1 rings (SSSR count). The molecule has 0 N–H and O–H groups in total. The number of hydrogen-bond donors (Lipinski definition) is 0. The lowest BCUT2D eigenvalue weighted by atomic mass is 9.88. The zero-order chi connectivity index (χ0) is 13.8. The number of rotatable bonds is 3. The van der Waals surface area contributed by atoms with Crippen LogP contribution in [0.5, 0.6) is 0 Å². The van der Waals surface area contributed by atoms with Gasteiger partial charge in [-0.1, -0.05) is 45.0 Å². The van der Waals surface area contributed by atoms with E-state index in [0.717, 1.165) is 12.0 Å². The summed E-state index contributed by atoms with van der Waals surface area (Å²) >= 11 is 0. The lowest BCUT2D eigenvalue weighted by Gasteiger charge is -2.18. The summed E-state index contributed by atoms with van der Waals surface area (Å²) in [4.78, 5) is 12.7. The van der Waals surface area contributed by atoms with Crippen molar-refractivity contribution in [3.05, 3.63) is 35.4 Å². The molecule has 18 heavy (non-hydrogen) atoms. The molecule has 100 valence electrons. The molecular formula is C15H23NO2. The van der Waals surface area contributed by atoms with E-state index in [1.165, 1.54) is 10.5 Å². The Labute approximate surface area is 110 Å². The molecule has 1 aromatic rings. The lowest BCUT2D eigenvalue weighted by Crippen LogP contribution is -2.22. The SMILES string of the molecule is CN(C)C(=O)OCc1ccc(CC(C)(C)C)cc1. The van der Waals surface area contributed by atoms with Crippen molar-refractivity contribution in [3.8, 4) is 0 Å². The van der Waals surface area contributed by atoms with E-state index in [-0.39, 0.29) is 6.09 Å². The number of benzene rings is 1. The molecule has 0 atom stereocenters. The molecule has 0 fully saturated rings. The van der Waals surface area contributed by atoms with Crippen molar-refractivity contribution in [3.63, 3.8) is 0 Å². The van der Waals surface area contributed by atoms with E-state index >= 15 is 0 Å². The van der Waals surface area contributed by atoms with Crippen LogP contribution in [0.15, 0.2) is 24.3 Å². The third-order valence-electron chi connectivity index (χ3n) is 2.48. The van der Waals surface area contributed by atoms with Gasteiger partial charge in [0.25, 0.3) is 0 Å². The Bertz CT molecular complexity index is 388. The number of carbonyl (C=O) groups is 1. The lowest BCUT2D eigenvalue weighted by molar-refractivity contribution is 0.112. The molecule has 1 aromatic carbocycles. The number of ether oxygens (including phenoxy) is 1. The Hall–Kier alpha value is -1.51. The van der Waals surface area contributed by atoms with Crippen LogP contribution >= 0.6 is 0 Å². The largest absolute Gasteiger partial charge is 0.445 e. The monoisotopic (exact) mass is 249 g/mol. The van der Waals surface area contributed by atoms with Gasteiger partial charge < -0.3 is 9.64 Å². The molecule has 0 aromatic heterocycles. The van der Waals surface area contributed by atoms with E-state index in [2.05, 4.69) is 32.9 Å². The molecule has 0 spiro atoms. The molecular weight excluding hydrogens is 226 g/mol. The number of hydrogen-bond acceptors (Lipinski definition) is 2. The molecule has 1 amide bonds. The smallest absolute Gasteiger partial charge is 0.409 e. The molecule has 3 heteroatoms.